The first-order valence-electron chi connectivity index (χ1n) is 7.98. The van der Waals surface area contributed by atoms with Crippen LogP contribution in [-0.2, 0) is 4.79 Å². The lowest BCUT2D eigenvalue weighted by atomic mass is 9.68. The first-order valence-corrected chi connectivity index (χ1v) is 7.98. The fourth-order valence-corrected chi connectivity index (χ4v) is 5.26. The number of nitrogens with zero attached hydrogens (tertiary/aromatic N) is 2. The molecule has 1 N–H and O–H groups in total. The zero-order chi connectivity index (χ0) is 13.0. The number of hydrogen-bond donors (Lipinski definition) is 1. The number of aliphatic hydroxyl groups excluding tert-OH is 1. The summed E-state index contributed by atoms with van der Waals surface area (Å²) in [5.74, 6) is 1.34. The molecule has 4 fully saturated rings. The number of aliphatic hydroxyl groups is 1. The Morgan fingerprint density at radius 1 is 1.05 bits per heavy atom. The van der Waals surface area contributed by atoms with Gasteiger partial charge in [-0.1, -0.05) is 0 Å². The summed E-state index contributed by atoms with van der Waals surface area (Å²) in [6.07, 6.45) is 6.07. The summed E-state index contributed by atoms with van der Waals surface area (Å²) < 4.78 is 0. The highest BCUT2D eigenvalue weighted by atomic mass is 16.3. The molecule has 4 saturated heterocycles. The Hall–Kier alpha value is -0.610. The number of fused-ring (bicyclic) bond motifs is 2. The van der Waals surface area contributed by atoms with Gasteiger partial charge in [0.25, 0.3) is 5.91 Å². The van der Waals surface area contributed by atoms with Gasteiger partial charge in [-0.25, -0.2) is 0 Å². The van der Waals surface area contributed by atoms with Crippen molar-refractivity contribution >= 4 is 5.91 Å². The molecule has 4 aliphatic rings. The average molecular weight is 264 g/mol. The zero-order valence-corrected chi connectivity index (χ0v) is 11.5. The fraction of sp³-hybridized carbons (Fsp3) is 0.933. The molecule has 0 aromatic carbocycles. The fourth-order valence-electron chi connectivity index (χ4n) is 5.26. The van der Waals surface area contributed by atoms with Crippen LogP contribution in [0.3, 0.4) is 0 Å². The van der Waals surface area contributed by atoms with Crippen LogP contribution in [0.5, 0.6) is 0 Å². The van der Waals surface area contributed by atoms with E-state index < -0.39 is 6.10 Å². The van der Waals surface area contributed by atoms with E-state index >= 15 is 0 Å². The molecule has 4 heteroatoms. The first kappa shape index (κ1) is 12.2. The third kappa shape index (κ3) is 1.76. The maximum absolute atomic E-state index is 12.3. The van der Waals surface area contributed by atoms with Crippen LogP contribution in [0.25, 0.3) is 0 Å². The Labute approximate surface area is 114 Å². The third-order valence-electron chi connectivity index (χ3n) is 5.98. The largest absolute Gasteiger partial charge is 0.383 e. The topological polar surface area (TPSA) is 43.8 Å². The van der Waals surface area contributed by atoms with E-state index in [0.29, 0.717) is 24.3 Å². The summed E-state index contributed by atoms with van der Waals surface area (Å²) in [4.78, 5) is 17.0. The second-order valence-corrected chi connectivity index (χ2v) is 6.89. The van der Waals surface area contributed by atoms with Gasteiger partial charge in [0.2, 0.25) is 0 Å². The lowest BCUT2D eigenvalue weighted by Gasteiger charge is -2.58. The van der Waals surface area contributed by atoms with Crippen LogP contribution >= 0.6 is 0 Å². The van der Waals surface area contributed by atoms with Gasteiger partial charge in [0.05, 0.1) is 0 Å². The number of hydrogen-bond acceptors (Lipinski definition) is 3. The minimum Gasteiger partial charge on any atom is -0.383 e. The number of amides is 1. The van der Waals surface area contributed by atoms with Crippen LogP contribution in [-0.4, -0.2) is 58.6 Å². The van der Waals surface area contributed by atoms with Crippen molar-refractivity contribution < 1.29 is 9.90 Å². The molecule has 0 aromatic heterocycles. The molecular formula is C15H24N2O2. The molecule has 0 aliphatic carbocycles. The van der Waals surface area contributed by atoms with E-state index in [0.717, 1.165) is 19.0 Å². The highest BCUT2D eigenvalue weighted by Gasteiger charge is 2.51. The highest BCUT2D eigenvalue weighted by Crippen LogP contribution is 2.44. The lowest BCUT2D eigenvalue weighted by molar-refractivity contribution is -0.162. The molecule has 106 valence electrons. The molecule has 4 aliphatic heterocycles. The van der Waals surface area contributed by atoms with Crippen molar-refractivity contribution in [3.63, 3.8) is 0 Å². The highest BCUT2D eigenvalue weighted by molar-refractivity contribution is 5.82. The number of carbonyl (C=O) groups excluding carboxylic acids is 1. The van der Waals surface area contributed by atoms with Gasteiger partial charge in [-0.15, -0.1) is 0 Å². The zero-order valence-electron chi connectivity index (χ0n) is 11.5. The first-order chi connectivity index (χ1) is 9.25. The number of piperidine rings is 4. The molecule has 4 rings (SSSR count). The van der Waals surface area contributed by atoms with Crippen molar-refractivity contribution in [2.45, 2.75) is 56.7 Å². The lowest BCUT2D eigenvalue weighted by Crippen LogP contribution is -2.67. The van der Waals surface area contributed by atoms with Gasteiger partial charge in [-0.3, -0.25) is 9.69 Å². The molecule has 1 amide bonds. The predicted molar refractivity (Wildman–Crippen MR) is 71.6 cm³/mol. The molecule has 0 spiro atoms. The second-order valence-electron chi connectivity index (χ2n) is 6.89. The average Bonchev–Trinajstić information content (AvgIpc) is 2.44. The van der Waals surface area contributed by atoms with Gasteiger partial charge >= 0.3 is 0 Å². The molecular weight excluding hydrogens is 240 g/mol. The van der Waals surface area contributed by atoms with Crippen LogP contribution < -0.4 is 0 Å². The summed E-state index contributed by atoms with van der Waals surface area (Å²) in [6.45, 7) is 3.43. The van der Waals surface area contributed by atoms with Crippen molar-refractivity contribution in [3.8, 4) is 0 Å². The van der Waals surface area contributed by atoms with Gasteiger partial charge in [0.15, 0.2) is 0 Å². The third-order valence-corrected chi connectivity index (χ3v) is 5.98. The molecule has 5 atom stereocenters. The monoisotopic (exact) mass is 264 g/mol. The van der Waals surface area contributed by atoms with E-state index in [-0.39, 0.29) is 5.91 Å². The second kappa shape index (κ2) is 4.45. The van der Waals surface area contributed by atoms with E-state index in [1.165, 1.54) is 38.8 Å². The van der Waals surface area contributed by atoms with Crippen LogP contribution in [0, 0.1) is 11.8 Å². The Bertz CT molecular complexity index is 384. The molecule has 0 bridgehead atoms. The van der Waals surface area contributed by atoms with Crippen molar-refractivity contribution in [1.82, 2.24) is 9.80 Å². The van der Waals surface area contributed by atoms with E-state index in [4.69, 9.17) is 0 Å². The smallest absolute Gasteiger partial charge is 0.251 e. The minimum absolute atomic E-state index is 0.0115. The van der Waals surface area contributed by atoms with Crippen LogP contribution in [0.4, 0.5) is 0 Å². The van der Waals surface area contributed by atoms with Crippen LogP contribution in [0.2, 0.25) is 0 Å². The SMILES string of the molecule is O=C1[C@H](O)CC[C@@H]2[C@H]3CCCN4CCC[C@@H](CN12)[C@@H]34. The van der Waals surface area contributed by atoms with Gasteiger partial charge in [0.1, 0.15) is 6.10 Å². The number of carbonyl (C=O) groups is 1. The Kier molecular flexibility index (Phi) is 2.85. The standard InChI is InChI=1S/C15H24N2O2/c18-13-6-5-12-11-4-2-8-16-7-1-3-10(14(11)16)9-17(12)15(13)19/h10-14,18H,1-9H2/t10-,11+,12+,13+,14-/m0/s1. The van der Waals surface area contributed by atoms with Crippen molar-refractivity contribution in [2.24, 2.45) is 11.8 Å². The Balaban J connectivity index is 1.65. The summed E-state index contributed by atoms with van der Waals surface area (Å²) in [7, 11) is 0. The Morgan fingerprint density at radius 3 is 2.68 bits per heavy atom. The van der Waals surface area contributed by atoms with E-state index in [9.17, 15) is 9.90 Å². The van der Waals surface area contributed by atoms with Gasteiger partial charge in [0, 0.05) is 18.6 Å². The van der Waals surface area contributed by atoms with E-state index in [1.54, 1.807) is 0 Å². The molecule has 0 unspecified atom stereocenters. The van der Waals surface area contributed by atoms with E-state index in [2.05, 4.69) is 9.80 Å². The molecule has 19 heavy (non-hydrogen) atoms. The summed E-state index contributed by atoms with van der Waals surface area (Å²) in [6, 6.07) is 1.14. The molecule has 0 saturated carbocycles. The van der Waals surface area contributed by atoms with Crippen LogP contribution in [0.1, 0.15) is 38.5 Å². The maximum atomic E-state index is 12.3. The maximum Gasteiger partial charge on any atom is 0.251 e. The van der Waals surface area contributed by atoms with Gasteiger partial charge < -0.3 is 10.0 Å². The van der Waals surface area contributed by atoms with Crippen molar-refractivity contribution in [3.05, 3.63) is 0 Å². The van der Waals surface area contributed by atoms with Gasteiger partial charge in [-0.05, 0) is 63.5 Å². The normalized spacial score (nSPS) is 46.7. The molecule has 0 radical (unpaired) electrons. The molecule has 4 heterocycles. The van der Waals surface area contributed by atoms with Crippen LogP contribution in [0.15, 0.2) is 0 Å². The molecule has 4 nitrogen and oxygen atoms in total. The van der Waals surface area contributed by atoms with E-state index in [1.807, 2.05) is 0 Å². The quantitative estimate of drug-likeness (QED) is 0.705. The minimum atomic E-state index is -0.726. The Morgan fingerprint density at radius 2 is 1.84 bits per heavy atom. The predicted octanol–water partition coefficient (Wildman–Crippen LogP) is 0.842. The summed E-state index contributed by atoms with van der Waals surface area (Å²) >= 11 is 0. The van der Waals surface area contributed by atoms with Gasteiger partial charge in [-0.2, -0.15) is 0 Å². The number of rotatable bonds is 0. The van der Waals surface area contributed by atoms with Crippen molar-refractivity contribution in [2.75, 3.05) is 19.6 Å². The van der Waals surface area contributed by atoms with Crippen molar-refractivity contribution in [1.29, 1.82) is 0 Å². The summed E-state index contributed by atoms with van der Waals surface area (Å²) in [5.41, 5.74) is 0. The summed E-state index contributed by atoms with van der Waals surface area (Å²) in [5, 5.41) is 9.84. The molecule has 0 aromatic rings.